The molecule has 150 valence electrons. The number of fused-ring (bicyclic) bond motifs is 1. The molecule has 0 spiro atoms. The molecule has 0 radical (unpaired) electrons. The Bertz CT molecular complexity index is 1110. The van der Waals surface area contributed by atoms with Gasteiger partial charge in [-0.05, 0) is 25.5 Å². The summed E-state index contributed by atoms with van der Waals surface area (Å²) in [6.45, 7) is 3.60. The second-order valence-electron chi connectivity index (χ2n) is 7.93. The molecular weight excluding hydrogens is 440 g/mol. The number of rotatable bonds is 5. The zero-order chi connectivity index (χ0) is 21.5. The Morgan fingerprint density at radius 3 is 1.97 bits per heavy atom. The number of carbonyl (C=O) groups is 3. The van der Waals surface area contributed by atoms with Crippen LogP contribution in [0.2, 0.25) is 0 Å². The SMILES string of the molecule is Cc1cccc(C(=O)[C@@H](Br)[C@H](c2ccccc2)C2(C)C(=O)c3ccccc3C2=O)c1. The minimum atomic E-state index is -1.38. The van der Waals surface area contributed by atoms with Gasteiger partial charge >= 0.3 is 0 Å². The van der Waals surface area contributed by atoms with Gasteiger partial charge in [0.1, 0.15) is 5.41 Å². The number of alkyl halides is 1. The monoisotopic (exact) mass is 460 g/mol. The molecule has 4 heteroatoms. The van der Waals surface area contributed by atoms with Crippen molar-refractivity contribution in [1.29, 1.82) is 0 Å². The Kier molecular flexibility index (Phi) is 5.29. The number of hydrogen-bond donors (Lipinski definition) is 0. The van der Waals surface area contributed by atoms with Gasteiger partial charge in [0, 0.05) is 22.6 Å². The van der Waals surface area contributed by atoms with Gasteiger partial charge in [0.2, 0.25) is 0 Å². The molecule has 0 N–H and O–H groups in total. The highest BCUT2D eigenvalue weighted by Crippen LogP contribution is 2.50. The van der Waals surface area contributed by atoms with Crippen molar-refractivity contribution in [2.75, 3.05) is 0 Å². The fourth-order valence-corrected chi connectivity index (χ4v) is 5.49. The van der Waals surface area contributed by atoms with E-state index in [1.165, 1.54) is 0 Å². The predicted molar refractivity (Wildman–Crippen MR) is 121 cm³/mol. The standard InChI is InChI=1S/C26H21BrO3/c1-16-9-8-12-18(15-16)23(28)22(27)21(17-10-4-3-5-11-17)26(2)24(29)19-13-6-7-14-20(19)25(26)30/h3-15,21-22H,1-2H3/t21-,22-/m0/s1. The van der Waals surface area contributed by atoms with Crippen LogP contribution in [0.15, 0.2) is 78.9 Å². The summed E-state index contributed by atoms with van der Waals surface area (Å²) in [6.07, 6.45) is 0. The summed E-state index contributed by atoms with van der Waals surface area (Å²) in [5, 5.41) is 0. The van der Waals surface area contributed by atoms with Crippen LogP contribution in [0.4, 0.5) is 0 Å². The van der Waals surface area contributed by atoms with Gasteiger partial charge < -0.3 is 0 Å². The van der Waals surface area contributed by atoms with Gasteiger partial charge in [-0.25, -0.2) is 0 Å². The van der Waals surface area contributed by atoms with Crippen LogP contribution in [0.25, 0.3) is 0 Å². The molecule has 0 saturated heterocycles. The van der Waals surface area contributed by atoms with Crippen molar-refractivity contribution < 1.29 is 14.4 Å². The molecule has 2 atom stereocenters. The van der Waals surface area contributed by atoms with E-state index in [0.29, 0.717) is 16.7 Å². The van der Waals surface area contributed by atoms with Crippen LogP contribution in [0, 0.1) is 12.3 Å². The normalized spacial score (nSPS) is 16.8. The third-order valence-electron chi connectivity index (χ3n) is 5.99. The molecule has 1 aliphatic carbocycles. The third-order valence-corrected chi connectivity index (χ3v) is 6.93. The number of hydrogen-bond acceptors (Lipinski definition) is 3. The second-order valence-corrected chi connectivity index (χ2v) is 8.92. The fraction of sp³-hybridized carbons (Fsp3) is 0.192. The van der Waals surface area contributed by atoms with Crippen molar-refractivity contribution in [1.82, 2.24) is 0 Å². The summed E-state index contributed by atoms with van der Waals surface area (Å²) in [5.41, 5.74) is 1.78. The summed E-state index contributed by atoms with van der Waals surface area (Å²) in [7, 11) is 0. The number of aryl methyl sites for hydroxylation is 1. The molecular formula is C26H21BrO3. The zero-order valence-electron chi connectivity index (χ0n) is 16.8. The minimum Gasteiger partial charge on any atom is -0.293 e. The predicted octanol–water partition coefficient (Wildman–Crippen LogP) is 5.81. The highest BCUT2D eigenvalue weighted by molar-refractivity contribution is 9.10. The molecule has 0 amide bonds. The summed E-state index contributed by atoms with van der Waals surface area (Å²) >= 11 is 3.60. The second kappa shape index (κ2) is 7.77. The first-order valence-corrected chi connectivity index (χ1v) is 10.8. The third kappa shape index (κ3) is 3.16. The molecule has 0 bridgehead atoms. The van der Waals surface area contributed by atoms with E-state index in [1.807, 2.05) is 55.5 Å². The van der Waals surface area contributed by atoms with Crippen LogP contribution in [-0.4, -0.2) is 22.2 Å². The maximum Gasteiger partial charge on any atom is 0.177 e. The van der Waals surface area contributed by atoms with Crippen LogP contribution in [0.3, 0.4) is 0 Å². The van der Waals surface area contributed by atoms with Crippen molar-refractivity contribution in [3.8, 4) is 0 Å². The Morgan fingerprint density at radius 2 is 1.40 bits per heavy atom. The van der Waals surface area contributed by atoms with Crippen molar-refractivity contribution in [2.24, 2.45) is 5.41 Å². The first-order chi connectivity index (χ1) is 14.4. The quantitative estimate of drug-likeness (QED) is 0.274. The molecule has 4 rings (SSSR count). The van der Waals surface area contributed by atoms with E-state index in [-0.39, 0.29) is 17.3 Å². The average Bonchev–Trinajstić information content (AvgIpc) is 2.96. The van der Waals surface area contributed by atoms with E-state index in [4.69, 9.17) is 0 Å². The lowest BCUT2D eigenvalue weighted by atomic mass is 9.67. The van der Waals surface area contributed by atoms with Crippen molar-refractivity contribution in [3.05, 3.63) is 107 Å². The molecule has 3 nitrogen and oxygen atoms in total. The summed E-state index contributed by atoms with van der Waals surface area (Å²) < 4.78 is 0. The maximum atomic E-state index is 13.5. The van der Waals surface area contributed by atoms with Crippen molar-refractivity contribution in [2.45, 2.75) is 24.6 Å². The average molecular weight is 461 g/mol. The Labute approximate surface area is 184 Å². The number of benzene rings is 3. The van der Waals surface area contributed by atoms with Gasteiger partial charge in [0.05, 0.1) is 4.83 Å². The summed E-state index contributed by atoms with van der Waals surface area (Å²) in [4.78, 5) is 39.7. The number of halogens is 1. The smallest absolute Gasteiger partial charge is 0.177 e. The summed E-state index contributed by atoms with van der Waals surface area (Å²) in [6, 6.07) is 23.6. The zero-order valence-corrected chi connectivity index (χ0v) is 18.3. The molecule has 3 aromatic carbocycles. The van der Waals surface area contributed by atoms with Gasteiger partial charge in [-0.1, -0.05) is 94.3 Å². The molecule has 0 unspecified atom stereocenters. The maximum absolute atomic E-state index is 13.5. The van der Waals surface area contributed by atoms with E-state index < -0.39 is 16.2 Å². The van der Waals surface area contributed by atoms with Gasteiger partial charge in [-0.3, -0.25) is 14.4 Å². The van der Waals surface area contributed by atoms with Gasteiger partial charge in [0.15, 0.2) is 17.3 Å². The van der Waals surface area contributed by atoms with E-state index in [9.17, 15) is 14.4 Å². The lowest BCUT2D eigenvalue weighted by Gasteiger charge is -2.34. The lowest BCUT2D eigenvalue weighted by molar-refractivity contribution is 0.0671. The van der Waals surface area contributed by atoms with Crippen molar-refractivity contribution in [3.63, 3.8) is 0 Å². The topological polar surface area (TPSA) is 51.2 Å². The minimum absolute atomic E-state index is 0.148. The molecule has 0 fully saturated rings. The van der Waals surface area contributed by atoms with Crippen LogP contribution < -0.4 is 0 Å². The fourth-order valence-electron chi connectivity index (χ4n) is 4.39. The highest BCUT2D eigenvalue weighted by Gasteiger charge is 2.57. The summed E-state index contributed by atoms with van der Waals surface area (Å²) in [5.74, 6) is -1.28. The molecule has 30 heavy (non-hydrogen) atoms. The molecule has 0 heterocycles. The van der Waals surface area contributed by atoms with Crippen LogP contribution in [0.1, 0.15) is 55.0 Å². The molecule has 3 aromatic rings. The Balaban J connectivity index is 1.85. The molecule has 0 saturated carbocycles. The van der Waals surface area contributed by atoms with Crippen LogP contribution in [0.5, 0.6) is 0 Å². The van der Waals surface area contributed by atoms with Crippen LogP contribution >= 0.6 is 15.9 Å². The first kappa shape index (κ1) is 20.4. The number of carbonyl (C=O) groups excluding carboxylic acids is 3. The number of ketones is 3. The van der Waals surface area contributed by atoms with Crippen molar-refractivity contribution >= 4 is 33.3 Å². The van der Waals surface area contributed by atoms with Crippen LogP contribution in [-0.2, 0) is 0 Å². The van der Waals surface area contributed by atoms with E-state index in [2.05, 4.69) is 15.9 Å². The lowest BCUT2D eigenvalue weighted by Crippen LogP contribution is -2.43. The van der Waals surface area contributed by atoms with Gasteiger partial charge in [-0.15, -0.1) is 0 Å². The molecule has 0 aromatic heterocycles. The van der Waals surface area contributed by atoms with Gasteiger partial charge in [-0.2, -0.15) is 0 Å². The first-order valence-electron chi connectivity index (χ1n) is 9.84. The van der Waals surface area contributed by atoms with E-state index >= 15 is 0 Å². The Hall–Kier alpha value is -2.85. The molecule has 1 aliphatic rings. The largest absolute Gasteiger partial charge is 0.293 e. The van der Waals surface area contributed by atoms with E-state index in [0.717, 1.165) is 11.1 Å². The Morgan fingerprint density at radius 1 is 0.833 bits per heavy atom. The number of Topliss-reactive ketones (excluding diaryl/α,β-unsaturated/α-hetero) is 3. The highest BCUT2D eigenvalue weighted by atomic mass is 79.9. The van der Waals surface area contributed by atoms with E-state index in [1.54, 1.807) is 37.3 Å². The molecule has 0 aliphatic heterocycles. The van der Waals surface area contributed by atoms with Gasteiger partial charge in [0.25, 0.3) is 0 Å².